The summed E-state index contributed by atoms with van der Waals surface area (Å²) in [5, 5.41) is 8.14. The van der Waals surface area contributed by atoms with Crippen LogP contribution in [0.25, 0.3) is 0 Å². The minimum Gasteiger partial charge on any atom is -0.453 e. The Balaban J connectivity index is 2.29. The molecule has 0 bridgehead atoms. The minimum atomic E-state index is -0.563. The SMILES string of the molecule is CC/C=C(/NC)C(=O)Nc1cc(Cl)c(Oc2c[nH]c(=O)c(C(=O)NC)c2)c(Cl)c1. The van der Waals surface area contributed by atoms with Crippen molar-refractivity contribution in [3.8, 4) is 11.5 Å². The zero-order valence-corrected chi connectivity index (χ0v) is 17.5. The van der Waals surface area contributed by atoms with Crippen LogP contribution in [0.3, 0.4) is 0 Å². The molecule has 1 heterocycles. The zero-order valence-electron chi connectivity index (χ0n) is 16.0. The van der Waals surface area contributed by atoms with Crippen LogP contribution in [0.2, 0.25) is 10.0 Å². The molecule has 2 rings (SSSR count). The molecule has 0 spiro atoms. The fourth-order valence-electron chi connectivity index (χ4n) is 2.38. The lowest BCUT2D eigenvalue weighted by Gasteiger charge is -2.13. The molecule has 0 aliphatic heterocycles. The molecule has 1 aromatic heterocycles. The molecule has 0 saturated carbocycles. The summed E-state index contributed by atoms with van der Waals surface area (Å²) in [5.74, 6) is -0.634. The van der Waals surface area contributed by atoms with Crippen molar-refractivity contribution in [1.29, 1.82) is 0 Å². The molecule has 8 nitrogen and oxygen atoms in total. The normalized spacial score (nSPS) is 11.0. The van der Waals surface area contributed by atoms with Gasteiger partial charge in [-0.2, -0.15) is 0 Å². The van der Waals surface area contributed by atoms with E-state index >= 15 is 0 Å². The number of benzene rings is 1. The van der Waals surface area contributed by atoms with E-state index in [1.165, 1.54) is 31.4 Å². The van der Waals surface area contributed by atoms with Gasteiger partial charge in [0.2, 0.25) is 0 Å². The average molecular weight is 439 g/mol. The summed E-state index contributed by atoms with van der Waals surface area (Å²) in [4.78, 5) is 38.2. The molecule has 1 aromatic carbocycles. The molecule has 154 valence electrons. The Morgan fingerprint density at radius 1 is 1.14 bits per heavy atom. The number of H-pyrrole nitrogens is 1. The molecule has 0 aliphatic carbocycles. The van der Waals surface area contributed by atoms with Crippen LogP contribution in [0.4, 0.5) is 5.69 Å². The molecule has 0 radical (unpaired) electrons. The first-order chi connectivity index (χ1) is 13.8. The van der Waals surface area contributed by atoms with Crippen LogP contribution >= 0.6 is 23.2 Å². The quantitative estimate of drug-likeness (QED) is 0.495. The highest BCUT2D eigenvalue weighted by Gasteiger charge is 2.16. The number of pyridine rings is 1. The molecule has 29 heavy (non-hydrogen) atoms. The Morgan fingerprint density at radius 3 is 2.34 bits per heavy atom. The predicted molar refractivity (Wildman–Crippen MR) is 113 cm³/mol. The lowest BCUT2D eigenvalue weighted by atomic mass is 10.2. The van der Waals surface area contributed by atoms with E-state index in [9.17, 15) is 14.4 Å². The number of ether oxygens (including phenoxy) is 1. The van der Waals surface area contributed by atoms with Gasteiger partial charge in [0.15, 0.2) is 5.75 Å². The molecule has 4 N–H and O–H groups in total. The van der Waals surface area contributed by atoms with Gasteiger partial charge in [-0.15, -0.1) is 0 Å². The molecule has 0 aliphatic rings. The van der Waals surface area contributed by atoms with Crippen molar-refractivity contribution < 1.29 is 14.3 Å². The molecule has 0 unspecified atom stereocenters. The molecule has 0 fully saturated rings. The Labute approximate surface area is 177 Å². The number of halogens is 2. The van der Waals surface area contributed by atoms with Gasteiger partial charge in [0, 0.05) is 32.0 Å². The number of aromatic nitrogens is 1. The standard InChI is InChI=1S/C19H20Cl2N4O4/c1-4-5-15(22-2)19(28)25-10-6-13(20)16(14(21)7-10)29-11-8-12(17(26)23-3)18(27)24-9-11/h5-9,22H,4H2,1-3H3,(H,23,26)(H,24,27)(H,25,28)/b15-5+. The van der Waals surface area contributed by atoms with Crippen LogP contribution in [0.15, 0.2) is 41.0 Å². The number of allylic oxidation sites excluding steroid dienone is 1. The molecule has 2 aromatic rings. The first kappa shape index (κ1) is 22.3. The lowest BCUT2D eigenvalue weighted by molar-refractivity contribution is -0.113. The lowest BCUT2D eigenvalue weighted by Crippen LogP contribution is -2.26. The highest BCUT2D eigenvalue weighted by molar-refractivity contribution is 6.37. The maximum absolute atomic E-state index is 12.3. The van der Waals surface area contributed by atoms with E-state index in [0.717, 1.165) is 0 Å². The van der Waals surface area contributed by atoms with Gasteiger partial charge in [0.1, 0.15) is 11.3 Å². The molecular formula is C19H20Cl2N4O4. The number of carbonyl (C=O) groups is 2. The highest BCUT2D eigenvalue weighted by Crippen LogP contribution is 2.38. The Hall–Kier alpha value is -2.97. The largest absolute Gasteiger partial charge is 0.453 e. The van der Waals surface area contributed by atoms with Crippen molar-refractivity contribution in [3.05, 3.63) is 62.1 Å². The minimum absolute atomic E-state index is 0.110. The molecule has 10 heteroatoms. The number of anilines is 1. The summed E-state index contributed by atoms with van der Waals surface area (Å²) in [7, 11) is 3.06. The van der Waals surface area contributed by atoms with Gasteiger partial charge in [0.25, 0.3) is 17.4 Å². The number of rotatable bonds is 7. The zero-order chi connectivity index (χ0) is 21.6. The molecule has 0 saturated heterocycles. The van der Waals surface area contributed by atoms with E-state index < -0.39 is 11.5 Å². The second-order valence-corrected chi connectivity index (χ2v) is 6.57. The smallest absolute Gasteiger partial charge is 0.271 e. The van der Waals surface area contributed by atoms with Gasteiger partial charge in [-0.25, -0.2) is 0 Å². The number of hydrogen-bond acceptors (Lipinski definition) is 5. The number of nitrogens with one attached hydrogen (secondary N) is 4. The Bertz CT molecular complexity index is 995. The molecular weight excluding hydrogens is 419 g/mol. The van der Waals surface area contributed by atoms with Crippen LogP contribution in [0.5, 0.6) is 11.5 Å². The third-order valence-corrected chi connectivity index (χ3v) is 4.31. The number of amides is 2. The Morgan fingerprint density at radius 2 is 1.79 bits per heavy atom. The number of hydrogen-bond donors (Lipinski definition) is 4. The fraction of sp³-hybridized carbons (Fsp3) is 0.211. The first-order valence-electron chi connectivity index (χ1n) is 8.61. The van der Waals surface area contributed by atoms with E-state index in [4.69, 9.17) is 27.9 Å². The van der Waals surface area contributed by atoms with Crippen molar-refractivity contribution in [2.24, 2.45) is 0 Å². The highest BCUT2D eigenvalue weighted by atomic mass is 35.5. The Kier molecular flexibility index (Phi) is 7.69. The molecule has 0 atom stereocenters. The van der Waals surface area contributed by atoms with Gasteiger partial charge in [-0.05, 0) is 18.6 Å². The summed E-state index contributed by atoms with van der Waals surface area (Å²) in [6.07, 6.45) is 3.72. The summed E-state index contributed by atoms with van der Waals surface area (Å²) >= 11 is 12.5. The van der Waals surface area contributed by atoms with E-state index in [1.807, 2.05) is 6.92 Å². The van der Waals surface area contributed by atoms with Crippen molar-refractivity contribution >= 4 is 40.7 Å². The number of carbonyl (C=O) groups excluding carboxylic acids is 2. The van der Waals surface area contributed by atoms with Crippen LogP contribution in [-0.2, 0) is 4.79 Å². The van der Waals surface area contributed by atoms with Gasteiger partial charge < -0.3 is 25.7 Å². The van der Waals surface area contributed by atoms with Gasteiger partial charge >= 0.3 is 0 Å². The van der Waals surface area contributed by atoms with Crippen LogP contribution in [-0.4, -0.2) is 30.9 Å². The fourth-order valence-corrected chi connectivity index (χ4v) is 2.95. The second kappa shape index (κ2) is 9.99. The predicted octanol–water partition coefficient (Wildman–Crippen LogP) is 3.29. The summed E-state index contributed by atoms with van der Waals surface area (Å²) in [6.45, 7) is 1.91. The number of likely N-dealkylation sites (N-methyl/N-ethyl adjacent to an activating group) is 1. The summed E-state index contributed by atoms with van der Waals surface area (Å²) in [5.41, 5.74) is 0.105. The second-order valence-electron chi connectivity index (χ2n) is 5.76. The maximum atomic E-state index is 12.3. The first-order valence-corrected chi connectivity index (χ1v) is 9.37. The number of aromatic amines is 1. The van der Waals surface area contributed by atoms with Crippen molar-refractivity contribution in [2.75, 3.05) is 19.4 Å². The van der Waals surface area contributed by atoms with Gasteiger partial charge in [-0.1, -0.05) is 36.2 Å². The van der Waals surface area contributed by atoms with E-state index in [-0.39, 0.29) is 33.0 Å². The van der Waals surface area contributed by atoms with Crippen molar-refractivity contribution in [1.82, 2.24) is 15.6 Å². The average Bonchev–Trinajstić information content (AvgIpc) is 2.69. The molecule has 2 amide bonds. The van der Waals surface area contributed by atoms with Gasteiger partial charge in [0.05, 0.1) is 15.7 Å². The van der Waals surface area contributed by atoms with Crippen LogP contribution in [0.1, 0.15) is 23.7 Å². The monoisotopic (exact) mass is 438 g/mol. The van der Waals surface area contributed by atoms with Gasteiger partial charge in [-0.3, -0.25) is 14.4 Å². The third kappa shape index (κ3) is 5.52. The van der Waals surface area contributed by atoms with Crippen LogP contribution in [0, 0.1) is 0 Å². The van der Waals surface area contributed by atoms with Crippen molar-refractivity contribution in [2.45, 2.75) is 13.3 Å². The van der Waals surface area contributed by atoms with E-state index in [2.05, 4.69) is 20.9 Å². The summed E-state index contributed by atoms with van der Waals surface area (Å²) in [6, 6.07) is 4.23. The summed E-state index contributed by atoms with van der Waals surface area (Å²) < 4.78 is 5.65. The van der Waals surface area contributed by atoms with E-state index in [1.54, 1.807) is 13.1 Å². The van der Waals surface area contributed by atoms with E-state index in [0.29, 0.717) is 17.8 Å². The van der Waals surface area contributed by atoms with Crippen molar-refractivity contribution in [3.63, 3.8) is 0 Å². The third-order valence-electron chi connectivity index (χ3n) is 3.75. The topological polar surface area (TPSA) is 112 Å². The maximum Gasteiger partial charge on any atom is 0.271 e. The van der Waals surface area contributed by atoms with Crippen LogP contribution < -0.4 is 26.2 Å².